The molecule has 1 aliphatic heterocycles. The normalized spacial score (nSPS) is 30.8. The van der Waals surface area contributed by atoms with Crippen LogP contribution in [0, 0.1) is 0 Å². The number of β-amino-alcohol motifs (C(OH)–C–C–N with tert-alkyl or cyclic N) is 1. The number of nitrogens with zero attached hydrogens (tertiary/aromatic N) is 1. The topological polar surface area (TPSA) is 40.5 Å². The smallest absolute Gasteiger partial charge is 0.223 e. The van der Waals surface area contributed by atoms with E-state index in [0.29, 0.717) is 25.4 Å². The molecular formula is C11H19NO2. The second-order valence-corrected chi connectivity index (χ2v) is 4.53. The second kappa shape index (κ2) is 4.30. The molecule has 2 aliphatic rings. The summed E-state index contributed by atoms with van der Waals surface area (Å²) in [5.74, 6) is 0.252. The molecule has 0 bridgehead atoms. The fourth-order valence-electron chi connectivity index (χ4n) is 2.60. The molecule has 0 aromatic carbocycles. The Kier molecular flexibility index (Phi) is 3.06. The van der Waals surface area contributed by atoms with Crippen molar-refractivity contribution in [2.45, 2.75) is 57.1 Å². The van der Waals surface area contributed by atoms with Crippen molar-refractivity contribution in [3.05, 3.63) is 0 Å². The van der Waals surface area contributed by atoms with Crippen LogP contribution in [0.5, 0.6) is 0 Å². The SMILES string of the molecule is O=C1CCC(O)CN1C1CCCCC1. The molecule has 0 spiro atoms. The highest BCUT2D eigenvalue weighted by atomic mass is 16.3. The first-order chi connectivity index (χ1) is 6.77. The van der Waals surface area contributed by atoms with Crippen LogP contribution in [-0.4, -0.2) is 34.6 Å². The van der Waals surface area contributed by atoms with Crippen molar-refractivity contribution in [1.29, 1.82) is 0 Å². The van der Waals surface area contributed by atoms with Gasteiger partial charge in [0.15, 0.2) is 0 Å². The van der Waals surface area contributed by atoms with E-state index in [1.807, 2.05) is 4.90 Å². The number of carbonyl (C=O) groups is 1. The van der Waals surface area contributed by atoms with Crippen LogP contribution >= 0.6 is 0 Å². The van der Waals surface area contributed by atoms with Crippen molar-refractivity contribution in [3.63, 3.8) is 0 Å². The third kappa shape index (κ3) is 2.08. The standard InChI is InChI=1S/C11H19NO2/c13-10-6-7-11(14)12(8-10)9-4-2-1-3-5-9/h9-10,13H,1-8H2. The van der Waals surface area contributed by atoms with Gasteiger partial charge in [0, 0.05) is 19.0 Å². The Morgan fingerprint density at radius 2 is 1.86 bits per heavy atom. The van der Waals surface area contributed by atoms with E-state index in [2.05, 4.69) is 0 Å². The minimum absolute atomic E-state index is 0.252. The van der Waals surface area contributed by atoms with Gasteiger partial charge < -0.3 is 10.0 Å². The predicted molar refractivity (Wildman–Crippen MR) is 53.8 cm³/mol. The van der Waals surface area contributed by atoms with Gasteiger partial charge in [0.2, 0.25) is 5.91 Å². The lowest BCUT2D eigenvalue weighted by Gasteiger charge is -2.38. The molecular weight excluding hydrogens is 178 g/mol. The number of aliphatic hydroxyl groups is 1. The number of likely N-dealkylation sites (tertiary alicyclic amines) is 1. The lowest BCUT2D eigenvalue weighted by molar-refractivity contribution is -0.140. The van der Waals surface area contributed by atoms with Gasteiger partial charge in [-0.05, 0) is 19.3 Å². The van der Waals surface area contributed by atoms with Crippen LogP contribution in [0.3, 0.4) is 0 Å². The van der Waals surface area contributed by atoms with Gasteiger partial charge in [0.25, 0.3) is 0 Å². The van der Waals surface area contributed by atoms with Crippen LogP contribution in [0.15, 0.2) is 0 Å². The number of rotatable bonds is 1. The van der Waals surface area contributed by atoms with Crippen molar-refractivity contribution >= 4 is 5.91 Å². The molecule has 0 radical (unpaired) electrons. The van der Waals surface area contributed by atoms with Crippen LogP contribution in [0.2, 0.25) is 0 Å². The van der Waals surface area contributed by atoms with Gasteiger partial charge in [-0.2, -0.15) is 0 Å². The zero-order valence-electron chi connectivity index (χ0n) is 8.61. The summed E-state index contributed by atoms with van der Waals surface area (Å²) in [5, 5.41) is 9.53. The molecule has 2 rings (SSSR count). The van der Waals surface area contributed by atoms with E-state index in [0.717, 1.165) is 12.8 Å². The first kappa shape index (κ1) is 9.97. The van der Waals surface area contributed by atoms with E-state index in [4.69, 9.17) is 0 Å². The molecule has 0 aromatic heterocycles. The lowest BCUT2D eigenvalue weighted by Crippen LogP contribution is -2.48. The average Bonchev–Trinajstić information content (AvgIpc) is 2.23. The molecule has 1 saturated heterocycles. The summed E-state index contributed by atoms with van der Waals surface area (Å²) >= 11 is 0. The van der Waals surface area contributed by atoms with E-state index in [9.17, 15) is 9.90 Å². The quantitative estimate of drug-likeness (QED) is 0.688. The van der Waals surface area contributed by atoms with Crippen LogP contribution in [0.25, 0.3) is 0 Å². The van der Waals surface area contributed by atoms with Crippen molar-refractivity contribution in [1.82, 2.24) is 4.90 Å². The number of hydrogen-bond donors (Lipinski definition) is 1. The fraction of sp³-hybridized carbons (Fsp3) is 0.909. The number of amides is 1. The molecule has 0 aromatic rings. The molecule has 1 saturated carbocycles. The molecule has 1 aliphatic carbocycles. The minimum Gasteiger partial charge on any atom is -0.391 e. The zero-order chi connectivity index (χ0) is 9.97. The van der Waals surface area contributed by atoms with Gasteiger partial charge in [-0.15, -0.1) is 0 Å². The molecule has 1 unspecified atom stereocenters. The summed E-state index contributed by atoms with van der Waals surface area (Å²) in [6.07, 6.45) is 6.97. The second-order valence-electron chi connectivity index (χ2n) is 4.53. The molecule has 1 atom stereocenters. The first-order valence-corrected chi connectivity index (χ1v) is 5.75. The monoisotopic (exact) mass is 197 g/mol. The maximum absolute atomic E-state index is 11.7. The third-order valence-corrected chi connectivity index (χ3v) is 3.43. The van der Waals surface area contributed by atoms with E-state index in [1.165, 1.54) is 19.3 Å². The van der Waals surface area contributed by atoms with Crippen LogP contribution in [0.4, 0.5) is 0 Å². The van der Waals surface area contributed by atoms with Gasteiger partial charge in [-0.1, -0.05) is 19.3 Å². The third-order valence-electron chi connectivity index (χ3n) is 3.43. The summed E-state index contributed by atoms with van der Waals surface area (Å²) in [7, 11) is 0. The molecule has 2 fully saturated rings. The molecule has 1 amide bonds. The Labute approximate surface area is 85.1 Å². The molecule has 1 heterocycles. The number of piperidine rings is 1. The molecule has 1 N–H and O–H groups in total. The number of carbonyl (C=O) groups excluding carboxylic acids is 1. The highest BCUT2D eigenvalue weighted by Crippen LogP contribution is 2.25. The fourth-order valence-corrected chi connectivity index (χ4v) is 2.60. The van der Waals surface area contributed by atoms with E-state index >= 15 is 0 Å². The van der Waals surface area contributed by atoms with Crippen LogP contribution in [-0.2, 0) is 4.79 Å². The molecule has 80 valence electrons. The Balaban J connectivity index is 1.96. The highest BCUT2D eigenvalue weighted by molar-refractivity contribution is 5.77. The van der Waals surface area contributed by atoms with E-state index in [-0.39, 0.29) is 12.0 Å². The van der Waals surface area contributed by atoms with Crippen molar-refractivity contribution in [2.75, 3.05) is 6.54 Å². The van der Waals surface area contributed by atoms with Crippen molar-refractivity contribution in [3.8, 4) is 0 Å². The van der Waals surface area contributed by atoms with Gasteiger partial charge in [-0.3, -0.25) is 4.79 Å². The van der Waals surface area contributed by atoms with E-state index < -0.39 is 0 Å². The number of hydrogen-bond acceptors (Lipinski definition) is 2. The predicted octanol–water partition coefficient (Wildman–Crippen LogP) is 1.30. The molecule has 3 heteroatoms. The molecule has 14 heavy (non-hydrogen) atoms. The lowest BCUT2D eigenvalue weighted by atomic mass is 9.92. The average molecular weight is 197 g/mol. The summed E-state index contributed by atoms with van der Waals surface area (Å²) in [4.78, 5) is 13.6. The first-order valence-electron chi connectivity index (χ1n) is 5.75. The highest BCUT2D eigenvalue weighted by Gasteiger charge is 2.30. The van der Waals surface area contributed by atoms with Gasteiger partial charge in [0.05, 0.1) is 6.10 Å². The summed E-state index contributed by atoms with van der Waals surface area (Å²) in [6, 6.07) is 0.422. The Hall–Kier alpha value is -0.570. The Morgan fingerprint density at radius 3 is 2.57 bits per heavy atom. The Bertz CT molecular complexity index is 211. The van der Waals surface area contributed by atoms with Crippen molar-refractivity contribution < 1.29 is 9.90 Å². The van der Waals surface area contributed by atoms with Crippen molar-refractivity contribution in [2.24, 2.45) is 0 Å². The Morgan fingerprint density at radius 1 is 1.14 bits per heavy atom. The largest absolute Gasteiger partial charge is 0.391 e. The summed E-state index contributed by atoms with van der Waals surface area (Å²) in [6.45, 7) is 0.573. The maximum atomic E-state index is 11.7. The van der Waals surface area contributed by atoms with Crippen LogP contribution in [0.1, 0.15) is 44.9 Å². The minimum atomic E-state index is -0.283. The van der Waals surface area contributed by atoms with Gasteiger partial charge >= 0.3 is 0 Å². The summed E-state index contributed by atoms with van der Waals surface area (Å²) in [5.41, 5.74) is 0. The van der Waals surface area contributed by atoms with Gasteiger partial charge in [0.1, 0.15) is 0 Å². The van der Waals surface area contributed by atoms with E-state index in [1.54, 1.807) is 0 Å². The summed E-state index contributed by atoms with van der Waals surface area (Å²) < 4.78 is 0. The number of aliphatic hydroxyl groups excluding tert-OH is 1. The van der Waals surface area contributed by atoms with Gasteiger partial charge in [-0.25, -0.2) is 0 Å². The zero-order valence-corrected chi connectivity index (χ0v) is 8.61. The maximum Gasteiger partial charge on any atom is 0.223 e. The van der Waals surface area contributed by atoms with Crippen LogP contribution < -0.4 is 0 Å². The molecule has 3 nitrogen and oxygen atoms in total.